The van der Waals surface area contributed by atoms with Crippen LogP contribution in [0.2, 0.25) is 0 Å². The molecule has 1 heterocycles. The Kier molecular flexibility index (Phi) is 5.96. The van der Waals surface area contributed by atoms with Crippen LogP contribution in [0.3, 0.4) is 0 Å². The first-order valence-electron chi connectivity index (χ1n) is 8.53. The van der Waals surface area contributed by atoms with Crippen molar-refractivity contribution in [3.8, 4) is 5.75 Å². The molecule has 0 aromatic heterocycles. The molecular formula is C19H21FN2O3S2. The Morgan fingerprint density at radius 1 is 1.22 bits per heavy atom. The van der Waals surface area contributed by atoms with Crippen molar-refractivity contribution in [1.29, 1.82) is 0 Å². The molecular weight excluding hydrogens is 387 g/mol. The number of anilines is 1. The lowest BCUT2D eigenvalue weighted by atomic mass is 10.1. The van der Waals surface area contributed by atoms with Crippen LogP contribution in [-0.4, -0.2) is 43.1 Å². The normalized spacial score (nSPS) is 18.1. The van der Waals surface area contributed by atoms with Gasteiger partial charge in [-0.2, -0.15) is 0 Å². The van der Waals surface area contributed by atoms with Crippen molar-refractivity contribution in [3.63, 3.8) is 0 Å². The third kappa shape index (κ3) is 5.17. The first-order chi connectivity index (χ1) is 12.9. The van der Waals surface area contributed by atoms with Gasteiger partial charge in [0.15, 0.2) is 14.9 Å². The van der Waals surface area contributed by atoms with Crippen molar-refractivity contribution < 1.29 is 17.5 Å². The zero-order valence-electron chi connectivity index (χ0n) is 14.9. The number of thiocarbonyl (C=S) groups is 1. The molecule has 1 fully saturated rings. The van der Waals surface area contributed by atoms with Gasteiger partial charge in [0.1, 0.15) is 11.6 Å². The Hall–Kier alpha value is -2.19. The molecule has 0 bridgehead atoms. The van der Waals surface area contributed by atoms with Crippen LogP contribution >= 0.6 is 12.2 Å². The summed E-state index contributed by atoms with van der Waals surface area (Å²) in [5, 5.41) is 3.50. The number of ether oxygens (including phenoxy) is 1. The first kappa shape index (κ1) is 19.6. The van der Waals surface area contributed by atoms with Crippen molar-refractivity contribution in [3.05, 3.63) is 59.9 Å². The SMILES string of the molecule is COc1ccc(CN(C(=S)Nc2ccc(F)cc2)[C@H]2CCS(=O)(=O)C2)cc1. The molecule has 0 amide bonds. The third-order valence-electron chi connectivity index (χ3n) is 4.52. The second kappa shape index (κ2) is 8.22. The van der Waals surface area contributed by atoms with Crippen molar-refractivity contribution in [1.82, 2.24) is 4.90 Å². The second-order valence-corrected chi connectivity index (χ2v) is 9.09. The number of benzene rings is 2. The smallest absolute Gasteiger partial charge is 0.174 e. The van der Waals surface area contributed by atoms with E-state index in [9.17, 15) is 12.8 Å². The molecule has 1 saturated heterocycles. The minimum atomic E-state index is -3.05. The van der Waals surface area contributed by atoms with Crippen LogP contribution in [-0.2, 0) is 16.4 Å². The summed E-state index contributed by atoms with van der Waals surface area (Å²) in [5.41, 5.74) is 1.64. The highest BCUT2D eigenvalue weighted by atomic mass is 32.2. The molecule has 3 rings (SSSR count). The molecule has 1 aliphatic heterocycles. The van der Waals surface area contributed by atoms with E-state index in [2.05, 4.69) is 5.32 Å². The van der Waals surface area contributed by atoms with E-state index >= 15 is 0 Å². The fourth-order valence-electron chi connectivity index (χ4n) is 3.04. The van der Waals surface area contributed by atoms with Gasteiger partial charge >= 0.3 is 0 Å². The van der Waals surface area contributed by atoms with Crippen LogP contribution in [0, 0.1) is 5.82 Å². The summed E-state index contributed by atoms with van der Waals surface area (Å²) < 4.78 is 42.2. The number of rotatable bonds is 5. The van der Waals surface area contributed by atoms with Crippen molar-refractivity contribution in [2.24, 2.45) is 0 Å². The van der Waals surface area contributed by atoms with Gasteiger partial charge in [0.05, 0.1) is 18.6 Å². The highest BCUT2D eigenvalue weighted by Gasteiger charge is 2.33. The fraction of sp³-hybridized carbons (Fsp3) is 0.316. The molecule has 1 N–H and O–H groups in total. The molecule has 27 heavy (non-hydrogen) atoms. The van der Waals surface area contributed by atoms with Crippen molar-refractivity contribution in [2.75, 3.05) is 23.9 Å². The van der Waals surface area contributed by atoms with Gasteiger partial charge in [-0.3, -0.25) is 0 Å². The van der Waals surface area contributed by atoms with Gasteiger partial charge < -0.3 is 15.0 Å². The number of nitrogens with one attached hydrogen (secondary N) is 1. The van der Waals surface area contributed by atoms with Gasteiger partial charge in [0.25, 0.3) is 0 Å². The van der Waals surface area contributed by atoms with E-state index in [-0.39, 0.29) is 23.4 Å². The monoisotopic (exact) mass is 408 g/mol. The van der Waals surface area contributed by atoms with Gasteiger partial charge in [-0.15, -0.1) is 0 Å². The van der Waals surface area contributed by atoms with E-state index in [4.69, 9.17) is 17.0 Å². The third-order valence-corrected chi connectivity index (χ3v) is 6.60. The summed E-state index contributed by atoms with van der Waals surface area (Å²) in [6, 6.07) is 13.3. The Balaban J connectivity index is 1.79. The highest BCUT2D eigenvalue weighted by Crippen LogP contribution is 2.22. The first-order valence-corrected chi connectivity index (χ1v) is 10.8. The van der Waals surface area contributed by atoms with E-state index < -0.39 is 9.84 Å². The minimum absolute atomic E-state index is 0.0778. The lowest BCUT2D eigenvalue weighted by Gasteiger charge is -2.31. The molecule has 5 nitrogen and oxygen atoms in total. The van der Waals surface area contributed by atoms with E-state index in [1.165, 1.54) is 12.1 Å². The van der Waals surface area contributed by atoms with E-state index in [1.807, 2.05) is 29.2 Å². The summed E-state index contributed by atoms with van der Waals surface area (Å²) in [7, 11) is -1.45. The Morgan fingerprint density at radius 2 is 1.89 bits per heavy atom. The Labute approximate surface area is 164 Å². The zero-order valence-corrected chi connectivity index (χ0v) is 16.5. The zero-order chi connectivity index (χ0) is 19.4. The quantitative estimate of drug-likeness (QED) is 0.767. The van der Waals surface area contributed by atoms with Gasteiger partial charge in [-0.25, -0.2) is 12.8 Å². The number of halogens is 1. The summed E-state index contributed by atoms with van der Waals surface area (Å²) >= 11 is 5.55. The summed E-state index contributed by atoms with van der Waals surface area (Å²) in [4.78, 5) is 1.89. The topological polar surface area (TPSA) is 58.6 Å². The van der Waals surface area contributed by atoms with Crippen LogP contribution in [0.1, 0.15) is 12.0 Å². The number of hydrogen-bond donors (Lipinski definition) is 1. The van der Waals surface area contributed by atoms with Crippen molar-refractivity contribution >= 4 is 32.9 Å². The summed E-state index contributed by atoms with van der Waals surface area (Å²) in [6.07, 6.45) is 0.531. The molecule has 2 aromatic rings. The maximum Gasteiger partial charge on any atom is 0.174 e. The lowest BCUT2D eigenvalue weighted by Crippen LogP contribution is -2.43. The number of sulfone groups is 1. The number of hydrogen-bond acceptors (Lipinski definition) is 4. The molecule has 0 aliphatic carbocycles. The Bertz CT molecular complexity index is 900. The van der Waals surface area contributed by atoms with Crippen molar-refractivity contribution in [2.45, 2.75) is 19.0 Å². The maximum absolute atomic E-state index is 13.1. The molecule has 2 aromatic carbocycles. The molecule has 1 aliphatic rings. The van der Waals surface area contributed by atoms with E-state index in [1.54, 1.807) is 19.2 Å². The highest BCUT2D eigenvalue weighted by molar-refractivity contribution is 7.91. The number of nitrogens with zero attached hydrogens (tertiary/aromatic N) is 1. The van der Waals surface area contributed by atoms with Gasteiger partial charge in [0.2, 0.25) is 0 Å². The minimum Gasteiger partial charge on any atom is -0.497 e. The van der Waals surface area contributed by atoms with Crippen LogP contribution in [0.5, 0.6) is 5.75 Å². The van der Waals surface area contributed by atoms with Gasteiger partial charge in [0, 0.05) is 18.3 Å². The molecule has 0 saturated carbocycles. The van der Waals surface area contributed by atoms with Crippen LogP contribution in [0.15, 0.2) is 48.5 Å². The Morgan fingerprint density at radius 3 is 2.44 bits per heavy atom. The van der Waals surface area contributed by atoms with E-state index in [0.717, 1.165) is 11.3 Å². The van der Waals surface area contributed by atoms with E-state index in [0.29, 0.717) is 23.8 Å². The maximum atomic E-state index is 13.1. The molecule has 0 radical (unpaired) electrons. The average Bonchev–Trinajstić information content (AvgIpc) is 3.01. The van der Waals surface area contributed by atoms with Crippen LogP contribution < -0.4 is 10.1 Å². The summed E-state index contributed by atoms with van der Waals surface area (Å²) in [5.74, 6) is 0.661. The van der Waals surface area contributed by atoms with Gasteiger partial charge in [-0.05, 0) is 60.6 Å². The second-order valence-electron chi connectivity index (χ2n) is 6.47. The predicted octanol–water partition coefficient (Wildman–Crippen LogP) is 3.22. The predicted molar refractivity (Wildman–Crippen MR) is 108 cm³/mol. The lowest BCUT2D eigenvalue weighted by molar-refractivity contribution is 0.332. The molecule has 0 spiro atoms. The standard InChI is InChI=1S/C19H21FN2O3S2/c1-25-18-8-2-14(3-9-18)12-22(17-10-11-27(23,24)13-17)19(26)21-16-6-4-15(20)5-7-16/h2-9,17H,10-13H2,1H3,(H,21,26)/t17-/m0/s1. The molecule has 8 heteroatoms. The average molecular weight is 409 g/mol. The molecule has 144 valence electrons. The molecule has 1 atom stereocenters. The largest absolute Gasteiger partial charge is 0.497 e. The fourth-order valence-corrected chi connectivity index (χ4v) is 5.11. The van der Waals surface area contributed by atoms with Gasteiger partial charge in [-0.1, -0.05) is 12.1 Å². The van der Waals surface area contributed by atoms with Crippen LogP contribution in [0.25, 0.3) is 0 Å². The number of methoxy groups -OCH3 is 1. The summed E-state index contributed by atoms with van der Waals surface area (Å²) in [6.45, 7) is 0.469. The van der Waals surface area contributed by atoms with Crippen LogP contribution in [0.4, 0.5) is 10.1 Å². The molecule has 0 unspecified atom stereocenters.